The van der Waals surface area contributed by atoms with E-state index >= 15 is 0 Å². The van der Waals surface area contributed by atoms with Crippen LogP contribution in [0.2, 0.25) is 0 Å². The Morgan fingerprint density at radius 3 is 2.37 bits per heavy atom. The maximum Gasteiger partial charge on any atom is 0.225 e. The van der Waals surface area contributed by atoms with Crippen molar-refractivity contribution in [3.63, 3.8) is 0 Å². The third-order valence-corrected chi connectivity index (χ3v) is 8.82. The first-order chi connectivity index (χ1) is 14.2. The summed E-state index contributed by atoms with van der Waals surface area (Å²) in [7, 11) is -3.10. The first-order valence-corrected chi connectivity index (χ1v) is 13.1. The van der Waals surface area contributed by atoms with Crippen molar-refractivity contribution in [2.45, 2.75) is 39.2 Å². The number of piperazine rings is 1. The second-order valence-corrected chi connectivity index (χ2v) is 11.4. The number of sulfonamides is 1. The lowest BCUT2D eigenvalue weighted by Gasteiger charge is -2.42. The molecule has 2 aliphatic heterocycles. The molecule has 2 fully saturated rings. The van der Waals surface area contributed by atoms with Crippen LogP contribution in [-0.4, -0.2) is 84.6 Å². The molecule has 2 aliphatic rings. The number of carbonyl (C=O) groups excluding carboxylic acids is 1. The number of benzene rings is 1. The number of hydrogen-bond acceptors (Lipinski definition) is 5. The molecule has 9 heteroatoms. The number of hydrogen-bond donors (Lipinski definition) is 1. The molecule has 1 amide bonds. The van der Waals surface area contributed by atoms with E-state index in [1.165, 1.54) is 0 Å². The van der Waals surface area contributed by atoms with Crippen molar-refractivity contribution in [1.29, 1.82) is 0 Å². The fourth-order valence-electron chi connectivity index (χ4n) is 4.41. The lowest BCUT2D eigenvalue weighted by molar-refractivity contribution is -0.136. The zero-order chi connectivity index (χ0) is 21.9. The van der Waals surface area contributed by atoms with Gasteiger partial charge in [0.1, 0.15) is 5.75 Å². The van der Waals surface area contributed by atoms with Gasteiger partial charge in [0.25, 0.3) is 0 Å². The molecule has 1 atom stereocenters. The number of halogens is 1. The van der Waals surface area contributed by atoms with Crippen LogP contribution in [0.5, 0.6) is 5.75 Å². The van der Waals surface area contributed by atoms with Crippen LogP contribution in [0.3, 0.4) is 0 Å². The number of piperidine rings is 1. The molecule has 0 unspecified atom stereocenters. The number of carbonyl (C=O) groups is 1. The number of likely N-dealkylation sites (tertiary alicyclic amines) is 1. The number of amides is 1. The summed E-state index contributed by atoms with van der Waals surface area (Å²) in [5, 5.41) is 9.63. The monoisotopic (exact) mass is 501 g/mol. The minimum Gasteiger partial charge on any atom is -0.507 e. The van der Waals surface area contributed by atoms with E-state index in [0.29, 0.717) is 30.0 Å². The molecule has 0 radical (unpaired) electrons. The summed E-state index contributed by atoms with van der Waals surface area (Å²) < 4.78 is 26.3. The molecule has 3 rings (SSSR count). The van der Waals surface area contributed by atoms with Crippen LogP contribution >= 0.6 is 15.9 Å². The van der Waals surface area contributed by atoms with Gasteiger partial charge in [-0.15, -0.1) is 0 Å². The molecule has 168 valence electrons. The van der Waals surface area contributed by atoms with Gasteiger partial charge >= 0.3 is 0 Å². The van der Waals surface area contributed by atoms with Crippen molar-refractivity contribution in [1.82, 2.24) is 14.1 Å². The summed E-state index contributed by atoms with van der Waals surface area (Å²) >= 11 is 3.33. The minimum atomic E-state index is -3.10. The van der Waals surface area contributed by atoms with Crippen LogP contribution in [-0.2, 0) is 21.2 Å². The molecule has 7 nitrogen and oxygen atoms in total. The van der Waals surface area contributed by atoms with Gasteiger partial charge in [-0.2, -0.15) is 4.31 Å². The van der Waals surface area contributed by atoms with Crippen LogP contribution in [0.4, 0.5) is 0 Å². The molecule has 0 spiro atoms. The van der Waals surface area contributed by atoms with Crippen molar-refractivity contribution in [3.05, 3.63) is 28.2 Å². The van der Waals surface area contributed by atoms with Gasteiger partial charge in [-0.1, -0.05) is 13.0 Å². The van der Waals surface area contributed by atoms with Crippen LogP contribution in [0.15, 0.2) is 22.7 Å². The van der Waals surface area contributed by atoms with Crippen molar-refractivity contribution in [2.75, 3.05) is 45.0 Å². The Balaban J connectivity index is 1.47. The second-order valence-electron chi connectivity index (χ2n) is 8.28. The molecule has 2 saturated heterocycles. The van der Waals surface area contributed by atoms with Crippen LogP contribution < -0.4 is 0 Å². The van der Waals surface area contributed by atoms with Gasteiger partial charge in [0.15, 0.2) is 0 Å². The molecule has 30 heavy (non-hydrogen) atoms. The summed E-state index contributed by atoms with van der Waals surface area (Å²) in [4.78, 5) is 17.3. The molecule has 2 heterocycles. The smallest absolute Gasteiger partial charge is 0.225 e. The summed E-state index contributed by atoms with van der Waals surface area (Å²) in [6.45, 7) is 7.82. The van der Waals surface area contributed by atoms with Crippen molar-refractivity contribution in [3.8, 4) is 5.75 Å². The van der Waals surface area contributed by atoms with Crippen LogP contribution in [0.25, 0.3) is 0 Å². The summed E-state index contributed by atoms with van der Waals surface area (Å²) in [5.74, 6) is 0.428. The Bertz CT molecular complexity index is 848. The topological polar surface area (TPSA) is 81.2 Å². The number of phenolic OH excluding ortho intramolecular Hbond substituents is 1. The van der Waals surface area contributed by atoms with E-state index in [2.05, 4.69) is 20.8 Å². The Kier molecular flexibility index (Phi) is 7.81. The highest BCUT2D eigenvalue weighted by Crippen LogP contribution is 2.26. The Morgan fingerprint density at radius 1 is 1.17 bits per heavy atom. The molecular formula is C21H32BrN3O4S. The first kappa shape index (κ1) is 23.5. The van der Waals surface area contributed by atoms with E-state index in [4.69, 9.17) is 0 Å². The van der Waals surface area contributed by atoms with Crippen LogP contribution in [0.1, 0.15) is 32.3 Å². The zero-order valence-electron chi connectivity index (χ0n) is 17.8. The number of nitrogens with zero attached hydrogens (tertiary/aromatic N) is 3. The number of phenols is 1. The normalized spacial score (nSPS) is 21.0. The third-order valence-electron chi connectivity index (χ3n) is 6.30. The predicted molar refractivity (Wildman–Crippen MR) is 121 cm³/mol. The van der Waals surface area contributed by atoms with Gasteiger partial charge in [-0.25, -0.2) is 8.42 Å². The van der Waals surface area contributed by atoms with Gasteiger partial charge in [0.05, 0.1) is 10.2 Å². The average Bonchev–Trinajstić information content (AvgIpc) is 2.76. The van der Waals surface area contributed by atoms with E-state index < -0.39 is 10.0 Å². The molecule has 0 bridgehead atoms. The zero-order valence-corrected chi connectivity index (χ0v) is 20.2. The van der Waals surface area contributed by atoms with Gasteiger partial charge in [-0.05, 0) is 59.8 Å². The molecule has 0 aromatic heterocycles. The molecule has 1 aromatic rings. The van der Waals surface area contributed by atoms with E-state index in [1.807, 2.05) is 24.0 Å². The SMILES string of the molecule is CCS(=O)(=O)N1CCN(C2CCN(C(=O)[C@H](C)Cc3ccc(O)c(Br)c3)CC2)CC1. The highest BCUT2D eigenvalue weighted by Gasteiger charge is 2.32. The predicted octanol–water partition coefficient (Wildman–Crippen LogP) is 2.29. The number of rotatable bonds is 6. The second kappa shape index (κ2) is 9.97. The van der Waals surface area contributed by atoms with Crippen molar-refractivity contribution >= 4 is 31.9 Å². The minimum absolute atomic E-state index is 0.110. The van der Waals surface area contributed by atoms with E-state index in [1.54, 1.807) is 17.3 Å². The maximum absolute atomic E-state index is 12.9. The molecule has 0 saturated carbocycles. The molecule has 1 aromatic carbocycles. The molecular weight excluding hydrogens is 470 g/mol. The quantitative estimate of drug-likeness (QED) is 0.646. The van der Waals surface area contributed by atoms with Crippen LogP contribution in [0, 0.1) is 5.92 Å². The van der Waals surface area contributed by atoms with E-state index in [-0.39, 0.29) is 23.3 Å². The average molecular weight is 502 g/mol. The van der Waals surface area contributed by atoms with Gasteiger partial charge < -0.3 is 10.0 Å². The Labute approximate surface area is 188 Å². The van der Waals surface area contributed by atoms with Gasteiger partial charge in [-0.3, -0.25) is 9.69 Å². The highest BCUT2D eigenvalue weighted by molar-refractivity contribution is 9.10. The highest BCUT2D eigenvalue weighted by atomic mass is 79.9. The third kappa shape index (κ3) is 5.55. The van der Waals surface area contributed by atoms with Gasteiger partial charge in [0, 0.05) is 51.2 Å². The Morgan fingerprint density at radius 2 is 1.80 bits per heavy atom. The summed E-state index contributed by atoms with van der Waals surface area (Å²) in [6.07, 6.45) is 2.51. The molecule has 1 N–H and O–H groups in total. The maximum atomic E-state index is 12.9. The first-order valence-electron chi connectivity index (χ1n) is 10.7. The van der Waals surface area contributed by atoms with E-state index in [9.17, 15) is 18.3 Å². The van der Waals surface area contributed by atoms with Crippen molar-refractivity contribution < 1.29 is 18.3 Å². The van der Waals surface area contributed by atoms with Crippen molar-refractivity contribution in [2.24, 2.45) is 5.92 Å². The lowest BCUT2D eigenvalue weighted by Crippen LogP contribution is -2.55. The molecule has 0 aliphatic carbocycles. The lowest BCUT2D eigenvalue weighted by atomic mass is 9.97. The Hall–Kier alpha value is -1.16. The summed E-state index contributed by atoms with van der Waals surface area (Å²) in [5.41, 5.74) is 1.02. The van der Waals surface area contributed by atoms with E-state index in [0.717, 1.165) is 44.6 Å². The summed E-state index contributed by atoms with van der Waals surface area (Å²) in [6, 6.07) is 5.79. The number of aromatic hydroxyl groups is 1. The fourth-order valence-corrected chi connectivity index (χ4v) is 5.92. The van der Waals surface area contributed by atoms with Gasteiger partial charge in [0.2, 0.25) is 15.9 Å². The fraction of sp³-hybridized carbons (Fsp3) is 0.667. The largest absolute Gasteiger partial charge is 0.507 e. The standard InChI is InChI=1S/C21H32BrN3O4S/c1-3-30(28,29)25-12-10-23(11-13-25)18-6-8-24(9-7-18)21(27)16(2)14-17-4-5-20(26)19(22)15-17/h4-5,15-16,18,26H,3,6-14H2,1-2H3/t16-/m1/s1.